The van der Waals surface area contributed by atoms with Gasteiger partial charge in [0.15, 0.2) is 0 Å². The normalized spacial score (nSPS) is 22.4. The lowest BCUT2D eigenvalue weighted by Gasteiger charge is -2.44. The molecule has 1 aliphatic carbocycles. The Morgan fingerprint density at radius 2 is 1.94 bits per heavy atom. The van der Waals surface area contributed by atoms with Gasteiger partial charge in [-0.3, -0.25) is 14.5 Å². The molecule has 31 heavy (non-hydrogen) atoms. The van der Waals surface area contributed by atoms with E-state index < -0.39 is 11.4 Å². The summed E-state index contributed by atoms with van der Waals surface area (Å²) in [5.41, 5.74) is 0.726. The van der Waals surface area contributed by atoms with Gasteiger partial charge in [0.1, 0.15) is 17.1 Å². The molecule has 7 heteroatoms. The van der Waals surface area contributed by atoms with Gasteiger partial charge in [-0.2, -0.15) is 0 Å². The molecule has 2 aliphatic rings. The van der Waals surface area contributed by atoms with Crippen LogP contribution in [0.1, 0.15) is 55.9 Å². The van der Waals surface area contributed by atoms with E-state index in [1.165, 1.54) is 29.9 Å². The molecule has 162 valence electrons. The average Bonchev–Trinajstić information content (AvgIpc) is 3.23. The van der Waals surface area contributed by atoms with E-state index in [1.54, 1.807) is 30.4 Å². The minimum absolute atomic E-state index is 0.114. The van der Waals surface area contributed by atoms with Crippen LogP contribution in [-0.2, 0) is 11.3 Å². The van der Waals surface area contributed by atoms with Gasteiger partial charge in [-0.15, -0.1) is 11.3 Å². The zero-order valence-corrected chi connectivity index (χ0v) is 18.4. The molecule has 3 aromatic rings. The third-order valence-corrected chi connectivity index (χ3v) is 7.50. The highest BCUT2D eigenvalue weighted by atomic mass is 32.1. The lowest BCUT2D eigenvalue weighted by molar-refractivity contribution is -0.127. The Balaban J connectivity index is 1.58. The molecular formula is C24H26FN3O2S. The van der Waals surface area contributed by atoms with Gasteiger partial charge in [-0.05, 0) is 55.5 Å². The van der Waals surface area contributed by atoms with Gasteiger partial charge >= 0.3 is 0 Å². The first-order valence-electron chi connectivity index (χ1n) is 11.0. The van der Waals surface area contributed by atoms with Gasteiger partial charge < -0.3 is 9.88 Å². The number of carbonyl (C=O) groups excluding carboxylic acids is 2. The van der Waals surface area contributed by atoms with Crippen molar-refractivity contribution in [2.24, 2.45) is 0 Å². The maximum Gasteiger partial charge on any atom is 0.275 e. The Morgan fingerprint density at radius 3 is 2.68 bits per heavy atom. The van der Waals surface area contributed by atoms with E-state index in [1.807, 2.05) is 22.1 Å². The van der Waals surface area contributed by atoms with Crippen LogP contribution in [0, 0.1) is 5.82 Å². The lowest BCUT2D eigenvalue weighted by atomic mass is 9.92. The fourth-order valence-corrected chi connectivity index (χ4v) is 5.82. The van der Waals surface area contributed by atoms with E-state index in [-0.39, 0.29) is 17.9 Å². The summed E-state index contributed by atoms with van der Waals surface area (Å²) in [6, 6.07) is 9.92. The maximum atomic E-state index is 14.1. The van der Waals surface area contributed by atoms with Crippen molar-refractivity contribution < 1.29 is 14.0 Å². The van der Waals surface area contributed by atoms with Crippen LogP contribution >= 0.6 is 11.3 Å². The number of hydrogen-bond acceptors (Lipinski definition) is 3. The van der Waals surface area contributed by atoms with Gasteiger partial charge in [0.25, 0.3) is 5.91 Å². The van der Waals surface area contributed by atoms with Crippen LogP contribution in [0.15, 0.2) is 41.8 Å². The number of amides is 2. The molecule has 0 radical (unpaired) electrons. The fourth-order valence-electron chi connectivity index (χ4n) is 5.00. The minimum atomic E-state index is -1.17. The zero-order chi connectivity index (χ0) is 21.6. The number of carbonyl (C=O) groups is 2. The third-order valence-electron chi connectivity index (χ3n) is 6.65. The Labute approximate surface area is 184 Å². The molecule has 1 aromatic carbocycles. The minimum Gasteiger partial charge on any atom is -0.351 e. The number of fused-ring (bicyclic) bond motifs is 3. The molecule has 1 saturated carbocycles. The average molecular weight is 440 g/mol. The molecule has 0 saturated heterocycles. The summed E-state index contributed by atoms with van der Waals surface area (Å²) in [6.45, 7) is 2.12. The Bertz CT molecular complexity index is 1140. The highest BCUT2D eigenvalue weighted by molar-refractivity contribution is 7.17. The summed E-state index contributed by atoms with van der Waals surface area (Å²) in [5, 5.41) is 5.22. The third kappa shape index (κ3) is 3.45. The van der Waals surface area contributed by atoms with Gasteiger partial charge in [-0.1, -0.05) is 31.7 Å². The van der Waals surface area contributed by atoms with Crippen molar-refractivity contribution in [2.45, 2.75) is 63.6 Å². The quantitative estimate of drug-likeness (QED) is 0.577. The van der Waals surface area contributed by atoms with Crippen molar-refractivity contribution in [3.63, 3.8) is 0 Å². The van der Waals surface area contributed by atoms with Crippen LogP contribution < -0.4 is 10.2 Å². The van der Waals surface area contributed by atoms with E-state index in [0.29, 0.717) is 17.9 Å². The van der Waals surface area contributed by atoms with Crippen LogP contribution in [0.25, 0.3) is 10.2 Å². The summed E-state index contributed by atoms with van der Waals surface area (Å²) >= 11 is 1.57. The molecule has 0 bridgehead atoms. The Morgan fingerprint density at radius 1 is 1.16 bits per heavy atom. The fraction of sp³-hybridized carbons (Fsp3) is 0.417. The largest absolute Gasteiger partial charge is 0.351 e. The lowest BCUT2D eigenvalue weighted by Crippen LogP contribution is -2.65. The van der Waals surface area contributed by atoms with Crippen LogP contribution in [0.3, 0.4) is 0 Å². The highest BCUT2D eigenvalue weighted by Gasteiger charge is 2.49. The number of rotatable bonds is 3. The second-order valence-electron chi connectivity index (χ2n) is 8.84. The molecule has 2 amide bonds. The van der Waals surface area contributed by atoms with Crippen molar-refractivity contribution >= 4 is 39.1 Å². The van der Waals surface area contributed by atoms with Crippen molar-refractivity contribution in [1.82, 2.24) is 9.88 Å². The van der Waals surface area contributed by atoms with E-state index in [0.717, 1.165) is 35.9 Å². The molecule has 0 unspecified atom stereocenters. The monoisotopic (exact) mass is 439 g/mol. The molecular weight excluding hydrogens is 413 g/mol. The number of anilines is 1. The van der Waals surface area contributed by atoms with Crippen molar-refractivity contribution in [2.75, 3.05) is 4.90 Å². The topological polar surface area (TPSA) is 54.3 Å². The van der Waals surface area contributed by atoms with Crippen molar-refractivity contribution in [1.29, 1.82) is 0 Å². The van der Waals surface area contributed by atoms with Gasteiger partial charge in [0.2, 0.25) is 5.91 Å². The standard InChI is InChI=1S/C24H26FN3O2S/c1-24(23(30)26-17-8-4-2-3-5-9-17)15-27-19-11-12-31-21(19)14-20(27)22(29)28(24)18-10-6-7-16(25)13-18/h6-7,10-14,17H,2-5,8-9,15H2,1H3,(H,26,30)/t24-/m0/s1. The maximum absolute atomic E-state index is 14.1. The second kappa shape index (κ2) is 7.79. The van der Waals surface area contributed by atoms with Gasteiger partial charge in [0, 0.05) is 11.7 Å². The first-order chi connectivity index (χ1) is 15.0. The summed E-state index contributed by atoms with van der Waals surface area (Å²) < 4.78 is 17.0. The number of thiophene rings is 1. The molecule has 1 N–H and O–H groups in total. The predicted molar refractivity (Wildman–Crippen MR) is 121 cm³/mol. The molecule has 3 heterocycles. The number of hydrogen-bond donors (Lipinski definition) is 1. The number of nitrogens with one attached hydrogen (secondary N) is 1. The van der Waals surface area contributed by atoms with E-state index in [2.05, 4.69) is 5.32 Å². The SMILES string of the molecule is C[C@@]1(C(=O)NC2CCCCCC2)Cn2c(cc3sccc32)C(=O)N1c1cccc(F)c1. The van der Waals surface area contributed by atoms with Crippen LogP contribution in [0.5, 0.6) is 0 Å². The zero-order valence-electron chi connectivity index (χ0n) is 17.6. The van der Waals surface area contributed by atoms with Gasteiger partial charge in [0.05, 0.1) is 16.8 Å². The van der Waals surface area contributed by atoms with E-state index in [9.17, 15) is 14.0 Å². The Hall–Kier alpha value is -2.67. The van der Waals surface area contributed by atoms with Crippen LogP contribution in [0.2, 0.25) is 0 Å². The van der Waals surface area contributed by atoms with E-state index in [4.69, 9.17) is 0 Å². The van der Waals surface area contributed by atoms with Crippen LogP contribution in [0.4, 0.5) is 10.1 Å². The summed E-state index contributed by atoms with van der Waals surface area (Å²) in [7, 11) is 0. The van der Waals surface area contributed by atoms with Crippen molar-refractivity contribution in [3.05, 3.63) is 53.3 Å². The summed E-state index contributed by atoms with van der Waals surface area (Å²) in [4.78, 5) is 28.9. The highest BCUT2D eigenvalue weighted by Crippen LogP contribution is 2.37. The number of halogens is 1. The summed E-state index contributed by atoms with van der Waals surface area (Å²) in [6.07, 6.45) is 6.51. The molecule has 0 spiro atoms. The molecule has 5 rings (SSSR count). The molecule has 1 fully saturated rings. The van der Waals surface area contributed by atoms with Gasteiger partial charge in [-0.25, -0.2) is 4.39 Å². The molecule has 5 nitrogen and oxygen atoms in total. The van der Waals surface area contributed by atoms with E-state index >= 15 is 0 Å². The summed E-state index contributed by atoms with van der Waals surface area (Å²) in [5.74, 6) is -0.891. The number of nitrogens with zero attached hydrogens (tertiary/aromatic N) is 2. The molecule has 2 aromatic heterocycles. The molecule has 1 atom stereocenters. The first kappa shape index (κ1) is 20.2. The van der Waals surface area contributed by atoms with Crippen LogP contribution in [-0.4, -0.2) is 28.0 Å². The molecule has 1 aliphatic heterocycles. The number of benzene rings is 1. The second-order valence-corrected chi connectivity index (χ2v) is 9.79. The number of aromatic nitrogens is 1. The Kier molecular flexibility index (Phi) is 5.08. The first-order valence-corrected chi connectivity index (χ1v) is 11.8. The smallest absolute Gasteiger partial charge is 0.275 e. The predicted octanol–water partition coefficient (Wildman–Crippen LogP) is 5.10. The van der Waals surface area contributed by atoms with Crippen molar-refractivity contribution in [3.8, 4) is 0 Å².